The van der Waals surface area contributed by atoms with Crippen LogP contribution in [0.4, 0.5) is 17.1 Å². The van der Waals surface area contributed by atoms with Crippen LogP contribution < -0.4 is 15.4 Å². The van der Waals surface area contributed by atoms with Gasteiger partial charge >= 0.3 is 0 Å². The van der Waals surface area contributed by atoms with E-state index in [0.717, 1.165) is 39.5 Å². The van der Waals surface area contributed by atoms with E-state index in [4.69, 9.17) is 4.74 Å². The van der Waals surface area contributed by atoms with Crippen molar-refractivity contribution in [3.63, 3.8) is 0 Å². The minimum absolute atomic E-state index is 0.233. The van der Waals surface area contributed by atoms with Crippen molar-refractivity contribution in [2.24, 2.45) is 0 Å². The van der Waals surface area contributed by atoms with Gasteiger partial charge in [0.1, 0.15) is 11.4 Å². The third-order valence-electron chi connectivity index (χ3n) is 4.27. The van der Waals surface area contributed by atoms with E-state index in [9.17, 15) is 4.79 Å². The zero-order valence-electron chi connectivity index (χ0n) is 16.0. The van der Waals surface area contributed by atoms with Crippen LogP contribution in [-0.4, -0.2) is 18.0 Å². The largest absolute Gasteiger partial charge is 0.495 e. The van der Waals surface area contributed by atoms with Gasteiger partial charge in [-0.05, 0) is 67.8 Å². The Morgan fingerprint density at radius 1 is 0.926 bits per heavy atom. The normalized spacial score (nSPS) is 10.4. The molecule has 0 saturated carbocycles. The molecule has 1 heterocycles. The number of aromatic nitrogens is 1. The molecule has 0 spiro atoms. The second-order valence-electron chi connectivity index (χ2n) is 6.53. The smallest absolute Gasteiger partial charge is 0.274 e. The van der Waals surface area contributed by atoms with E-state index in [2.05, 4.69) is 15.6 Å². The number of amides is 1. The lowest BCUT2D eigenvalue weighted by atomic mass is 10.1. The van der Waals surface area contributed by atoms with Crippen LogP contribution in [-0.2, 0) is 0 Å². The fourth-order valence-electron chi connectivity index (χ4n) is 2.73. The van der Waals surface area contributed by atoms with Crippen LogP contribution in [0.5, 0.6) is 5.75 Å². The number of nitrogens with zero attached hydrogens (tertiary/aromatic N) is 1. The second kappa shape index (κ2) is 7.91. The maximum absolute atomic E-state index is 12.5. The Hall–Kier alpha value is -3.34. The molecule has 0 aliphatic rings. The number of aryl methyl sites for hydroxylation is 3. The molecular formula is C22H23N3O2. The number of benzene rings is 2. The highest BCUT2D eigenvalue weighted by Gasteiger charge is 2.10. The maximum atomic E-state index is 12.5. The Balaban J connectivity index is 1.74. The predicted octanol–water partition coefficient (Wildman–Crippen LogP) is 5.01. The molecule has 0 saturated heterocycles. The van der Waals surface area contributed by atoms with Crippen LogP contribution in [0.2, 0.25) is 0 Å². The Morgan fingerprint density at radius 2 is 1.63 bits per heavy atom. The van der Waals surface area contributed by atoms with Gasteiger partial charge in [-0.15, -0.1) is 0 Å². The van der Waals surface area contributed by atoms with Crippen LogP contribution in [0.15, 0.2) is 54.7 Å². The second-order valence-corrected chi connectivity index (χ2v) is 6.53. The number of nitrogens with one attached hydrogen (secondary N) is 2. The maximum Gasteiger partial charge on any atom is 0.274 e. The number of methoxy groups -OCH3 is 1. The fraction of sp³-hybridized carbons (Fsp3) is 0.182. The third-order valence-corrected chi connectivity index (χ3v) is 4.27. The summed E-state index contributed by atoms with van der Waals surface area (Å²) in [6.45, 7) is 5.97. The summed E-state index contributed by atoms with van der Waals surface area (Å²) < 4.78 is 5.37. The first-order valence-corrected chi connectivity index (χ1v) is 8.72. The van der Waals surface area contributed by atoms with Gasteiger partial charge in [-0.1, -0.05) is 18.2 Å². The van der Waals surface area contributed by atoms with E-state index in [1.165, 1.54) is 0 Å². The Kier molecular flexibility index (Phi) is 5.41. The summed E-state index contributed by atoms with van der Waals surface area (Å²) in [5.74, 6) is 0.515. The number of rotatable bonds is 5. The highest BCUT2D eigenvalue weighted by molar-refractivity contribution is 6.03. The van der Waals surface area contributed by atoms with Crippen LogP contribution in [0.3, 0.4) is 0 Å². The molecule has 0 radical (unpaired) electrons. The van der Waals surface area contributed by atoms with Gasteiger partial charge in [-0.2, -0.15) is 0 Å². The first kappa shape index (κ1) is 18.5. The van der Waals surface area contributed by atoms with Crippen molar-refractivity contribution in [2.45, 2.75) is 20.8 Å². The van der Waals surface area contributed by atoms with Crippen LogP contribution >= 0.6 is 0 Å². The average Bonchev–Trinajstić information content (AvgIpc) is 2.65. The number of anilines is 3. The van der Waals surface area contributed by atoms with Crippen molar-refractivity contribution >= 4 is 23.0 Å². The van der Waals surface area contributed by atoms with E-state index >= 15 is 0 Å². The molecule has 3 aromatic rings. The topological polar surface area (TPSA) is 63.2 Å². The minimum Gasteiger partial charge on any atom is -0.495 e. The molecule has 2 N–H and O–H groups in total. The number of carbonyl (C=O) groups excluding carboxylic acids is 1. The molecule has 3 rings (SSSR count). The predicted molar refractivity (Wildman–Crippen MR) is 109 cm³/mol. The molecule has 2 aromatic carbocycles. The van der Waals surface area contributed by atoms with Gasteiger partial charge in [-0.3, -0.25) is 4.79 Å². The van der Waals surface area contributed by atoms with E-state index < -0.39 is 0 Å². The summed E-state index contributed by atoms with van der Waals surface area (Å²) in [6.07, 6.45) is 1.64. The molecule has 0 fully saturated rings. The SMILES string of the molecule is COc1ccc(C)cc1Nc1ccc(C(=O)Nc2cc(C)ccc2C)nc1. The average molecular weight is 361 g/mol. The van der Waals surface area contributed by atoms with Gasteiger partial charge in [0.05, 0.1) is 24.7 Å². The molecule has 0 atom stereocenters. The van der Waals surface area contributed by atoms with Crippen LogP contribution in [0, 0.1) is 20.8 Å². The number of hydrogen-bond donors (Lipinski definition) is 2. The van der Waals surface area contributed by atoms with Crippen LogP contribution in [0.1, 0.15) is 27.2 Å². The summed E-state index contributed by atoms with van der Waals surface area (Å²) in [5.41, 5.74) is 6.02. The summed E-state index contributed by atoms with van der Waals surface area (Å²) in [6, 6.07) is 15.4. The number of carbonyl (C=O) groups is 1. The van der Waals surface area contributed by atoms with E-state index in [-0.39, 0.29) is 5.91 Å². The van der Waals surface area contributed by atoms with E-state index in [0.29, 0.717) is 5.69 Å². The van der Waals surface area contributed by atoms with E-state index in [1.54, 1.807) is 19.4 Å². The lowest BCUT2D eigenvalue weighted by Gasteiger charge is -2.12. The molecule has 0 aliphatic carbocycles. The molecule has 0 unspecified atom stereocenters. The first-order valence-electron chi connectivity index (χ1n) is 8.72. The zero-order valence-corrected chi connectivity index (χ0v) is 16.0. The Morgan fingerprint density at radius 3 is 2.30 bits per heavy atom. The quantitative estimate of drug-likeness (QED) is 0.670. The van der Waals surface area contributed by atoms with Crippen LogP contribution in [0.25, 0.3) is 0 Å². The monoisotopic (exact) mass is 361 g/mol. The van der Waals surface area contributed by atoms with Crippen molar-refractivity contribution < 1.29 is 9.53 Å². The van der Waals surface area contributed by atoms with Crippen molar-refractivity contribution in [2.75, 3.05) is 17.7 Å². The molecule has 1 aromatic heterocycles. The molecule has 0 aliphatic heterocycles. The molecule has 27 heavy (non-hydrogen) atoms. The Bertz CT molecular complexity index is 966. The molecule has 5 heteroatoms. The van der Waals surface area contributed by atoms with Gasteiger partial charge in [0, 0.05) is 5.69 Å². The zero-order chi connectivity index (χ0) is 19.4. The molecule has 138 valence electrons. The standard InChI is InChI=1S/C22H23N3O2/c1-14-5-7-16(3)19(11-14)25-22(26)18-9-8-17(13-23-18)24-20-12-15(2)6-10-21(20)27-4/h5-13,24H,1-4H3,(H,25,26). The van der Waals surface area contributed by atoms with Gasteiger partial charge < -0.3 is 15.4 Å². The van der Waals surface area contributed by atoms with Crippen molar-refractivity contribution in [3.8, 4) is 5.75 Å². The van der Waals surface area contributed by atoms with Crippen molar-refractivity contribution in [1.82, 2.24) is 4.98 Å². The summed E-state index contributed by atoms with van der Waals surface area (Å²) in [4.78, 5) is 16.8. The molecular weight excluding hydrogens is 338 g/mol. The summed E-state index contributed by atoms with van der Waals surface area (Å²) >= 11 is 0. The fourth-order valence-corrected chi connectivity index (χ4v) is 2.73. The highest BCUT2D eigenvalue weighted by Crippen LogP contribution is 2.28. The van der Waals surface area contributed by atoms with Gasteiger partial charge in [0.25, 0.3) is 5.91 Å². The molecule has 1 amide bonds. The van der Waals surface area contributed by atoms with Gasteiger partial charge in [0.2, 0.25) is 0 Å². The Labute approximate surface area is 159 Å². The number of ether oxygens (including phenoxy) is 1. The lowest BCUT2D eigenvalue weighted by molar-refractivity contribution is 0.102. The minimum atomic E-state index is -0.233. The lowest BCUT2D eigenvalue weighted by Crippen LogP contribution is -2.14. The van der Waals surface area contributed by atoms with Crippen molar-refractivity contribution in [1.29, 1.82) is 0 Å². The van der Waals surface area contributed by atoms with Crippen molar-refractivity contribution in [3.05, 3.63) is 77.1 Å². The first-order chi connectivity index (χ1) is 13.0. The molecule has 0 bridgehead atoms. The van der Waals surface area contributed by atoms with E-state index in [1.807, 2.05) is 63.2 Å². The van der Waals surface area contributed by atoms with Gasteiger partial charge in [0.15, 0.2) is 0 Å². The van der Waals surface area contributed by atoms with Gasteiger partial charge in [-0.25, -0.2) is 4.98 Å². The highest BCUT2D eigenvalue weighted by atomic mass is 16.5. The molecule has 5 nitrogen and oxygen atoms in total. The summed E-state index contributed by atoms with van der Waals surface area (Å²) in [7, 11) is 1.63. The number of hydrogen-bond acceptors (Lipinski definition) is 4. The number of pyridine rings is 1. The summed E-state index contributed by atoms with van der Waals surface area (Å²) in [5, 5.41) is 6.20. The third kappa shape index (κ3) is 4.44.